The van der Waals surface area contributed by atoms with Crippen LogP contribution in [0.3, 0.4) is 0 Å². The number of ether oxygens (including phenoxy) is 2. The zero-order chi connectivity index (χ0) is 23.7. The van der Waals surface area contributed by atoms with Crippen molar-refractivity contribution in [3.63, 3.8) is 0 Å². The number of para-hydroxylation sites is 1. The second kappa shape index (κ2) is 9.77. The van der Waals surface area contributed by atoms with Gasteiger partial charge in [-0.2, -0.15) is 0 Å². The van der Waals surface area contributed by atoms with Crippen molar-refractivity contribution in [2.45, 2.75) is 13.0 Å². The van der Waals surface area contributed by atoms with E-state index in [0.29, 0.717) is 6.61 Å². The molecule has 2 aliphatic rings. The van der Waals surface area contributed by atoms with Crippen LogP contribution in [0.5, 0.6) is 11.5 Å². The fraction of sp³-hybridized carbons (Fsp3) is 0.286. The van der Waals surface area contributed by atoms with Gasteiger partial charge in [-0.1, -0.05) is 48.0 Å². The predicted octanol–water partition coefficient (Wildman–Crippen LogP) is 6.82. The summed E-state index contributed by atoms with van der Waals surface area (Å²) in [7, 11) is 0. The molecule has 1 saturated heterocycles. The van der Waals surface area contributed by atoms with Crippen LogP contribution >= 0.6 is 11.6 Å². The van der Waals surface area contributed by atoms with Gasteiger partial charge in [0.1, 0.15) is 30.0 Å². The summed E-state index contributed by atoms with van der Waals surface area (Å²) in [5, 5.41) is 0.0932. The molecule has 2 heterocycles. The molecule has 6 heteroatoms. The molecule has 0 radical (unpaired) electrons. The topological polar surface area (TPSA) is 21.7 Å². The van der Waals surface area contributed by atoms with Gasteiger partial charge in [0.25, 0.3) is 0 Å². The summed E-state index contributed by atoms with van der Waals surface area (Å²) in [6, 6.07) is 20.6. The molecule has 1 atom stereocenters. The summed E-state index contributed by atoms with van der Waals surface area (Å²) < 4.78 is 39.2. The highest BCUT2D eigenvalue weighted by molar-refractivity contribution is 6.30. The van der Waals surface area contributed by atoms with Gasteiger partial charge >= 0.3 is 0 Å². The first kappa shape index (κ1) is 22.9. The summed E-state index contributed by atoms with van der Waals surface area (Å²) >= 11 is 5.94. The van der Waals surface area contributed by atoms with Crippen LogP contribution in [0.15, 0.2) is 66.7 Å². The molecule has 0 N–H and O–H groups in total. The van der Waals surface area contributed by atoms with Crippen molar-refractivity contribution >= 4 is 22.7 Å². The second-order valence-corrected chi connectivity index (χ2v) is 9.27. The molecule has 0 bridgehead atoms. The van der Waals surface area contributed by atoms with Crippen molar-refractivity contribution in [1.29, 1.82) is 0 Å². The van der Waals surface area contributed by atoms with Crippen LogP contribution in [-0.4, -0.2) is 37.8 Å². The third-order valence-corrected chi connectivity index (χ3v) is 6.85. The number of hydrogen-bond donors (Lipinski definition) is 0. The van der Waals surface area contributed by atoms with Gasteiger partial charge in [0, 0.05) is 36.7 Å². The number of benzene rings is 3. The van der Waals surface area contributed by atoms with Crippen molar-refractivity contribution in [3.05, 3.63) is 94.3 Å². The van der Waals surface area contributed by atoms with Crippen molar-refractivity contribution in [1.82, 2.24) is 4.90 Å². The van der Waals surface area contributed by atoms with Crippen LogP contribution in [0.4, 0.5) is 8.78 Å². The molecule has 0 saturated carbocycles. The van der Waals surface area contributed by atoms with Gasteiger partial charge in [-0.15, -0.1) is 0 Å². The van der Waals surface area contributed by atoms with E-state index in [4.69, 9.17) is 21.1 Å². The Morgan fingerprint density at radius 1 is 1.06 bits per heavy atom. The Bertz CT molecular complexity index is 1210. The summed E-state index contributed by atoms with van der Waals surface area (Å²) in [5.41, 5.74) is 4.61. The summed E-state index contributed by atoms with van der Waals surface area (Å²) in [4.78, 5) is 2.19. The molecule has 176 valence electrons. The number of allylic oxidation sites excluding steroid dienone is 1. The lowest BCUT2D eigenvalue weighted by Gasteiger charge is -2.37. The van der Waals surface area contributed by atoms with Gasteiger partial charge in [-0.3, -0.25) is 9.29 Å². The summed E-state index contributed by atoms with van der Waals surface area (Å²) in [6.07, 6.45) is -0.400. The maximum Gasteiger partial charge on any atom is 0.150 e. The van der Waals surface area contributed by atoms with Gasteiger partial charge in [0.2, 0.25) is 0 Å². The highest BCUT2D eigenvalue weighted by Gasteiger charge is 2.30. The molecular weight excluding hydrogens is 456 g/mol. The van der Waals surface area contributed by atoms with E-state index in [2.05, 4.69) is 4.90 Å². The van der Waals surface area contributed by atoms with Crippen molar-refractivity contribution < 1.29 is 18.3 Å². The molecule has 34 heavy (non-hydrogen) atoms. The van der Waals surface area contributed by atoms with Gasteiger partial charge in [0.15, 0.2) is 0 Å². The van der Waals surface area contributed by atoms with Crippen molar-refractivity contribution in [2.24, 2.45) is 5.92 Å². The average molecular weight is 482 g/mol. The fourth-order valence-electron chi connectivity index (χ4n) is 4.66. The zero-order valence-corrected chi connectivity index (χ0v) is 19.7. The molecule has 1 unspecified atom stereocenters. The number of likely N-dealkylation sites (tertiary alicyclic amines) is 1. The largest absolute Gasteiger partial charge is 0.492 e. The van der Waals surface area contributed by atoms with E-state index >= 15 is 0 Å². The summed E-state index contributed by atoms with van der Waals surface area (Å²) in [6.45, 7) is 4.75. The first-order chi connectivity index (χ1) is 16.5. The van der Waals surface area contributed by atoms with E-state index in [1.165, 1.54) is 6.07 Å². The van der Waals surface area contributed by atoms with Gasteiger partial charge in [-0.25, -0.2) is 4.39 Å². The molecule has 0 aromatic heterocycles. The van der Waals surface area contributed by atoms with Crippen LogP contribution in [0.25, 0.3) is 11.1 Å². The van der Waals surface area contributed by atoms with Crippen molar-refractivity contribution in [2.75, 3.05) is 32.9 Å². The van der Waals surface area contributed by atoms with E-state index in [1.807, 2.05) is 61.5 Å². The molecule has 2 aliphatic heterocycles. The van der Waals surface area contributed by atoms with Gasteiger partial charge < -0.3 is 9.47 Å². The Hall–Kier alpha value is -2.89. The minimum Gasteiger partial charge on any atom is -0.492 e. The van der Waals surface area contributed by atoms with E-state index in [0.717, 1.165) is 59.0 Å². The number of hydrogen-bond acceptors (Lipinski definition) is 3. The number of nitrogens with zero attached hydrogens (tertiary/aromatic N) is 1. The number of rotatable bonds is 7. The smallest absolute Gasteiger partial charge is 0.150 e. The molecule has 3 aromatic rings. The molecule has 3 nitrogen and oxygen atoms in total. The normalized spacial score (nSPS) is 18.3. The second-order valence-electron chi connectivity index (χ2n) is 8.86. The zero-order valence-electron chi connectivity index (χ0n) is 18.9. The lowest BCUT2D eigenvalue weighted by molar-refractivity contribution is 0.0668. The third-order valence-electron chi connectivity index (χ3n) is 6.54. The Kier molecular flexibility index (Phi) is 6.57. The average Bonchev–Trinajstić information content (AvgIpc) is 2.83. The standard InChI is InChI=1S/C28H26ClF2NO2/c1-18-23-4-2-3-5-26(23)34-28(27(18)21-8-11-24(29)25(31)14-21)20-6-9-22(10-7-20)33-13-12-32-16-19(15-30)17-32/h2-11,14,19,28H,12-13,15-17H2,1H3. The fourth-order valence-corrected chi connectivity index (χ4v) is 4.78. The highest BCUT2D eigenvalue weighted by atomic mass is 35.5. The number of halogens is 3. The highest BCUT2D eigenvalue weighted by Crippen LogP contribution is 2.46. The number of alkyl halides is 1. The van der Waals surface area contributed by atoms with Crippen LogP contribution < -0.4 is 9.47 Å². The Morgan fingerprint density at radius 3 is 2.56 bits per heavy atom. The molecule has 5 rings (SSSR count). The van der Waals surface area contributed by atoms with E-state index < -0.39 is 11.9 Å². The van der Waals surface area contributed by atoms with Crippen LogP contribution in [0.2, 0.25) is 5.02 Å². The van der Waals surface area contributed by atoms with Crippen LogP contribution in [0.1, 0.15) is 29.7 Å². The SMILES string of the molecule is CC1=C(c2ccc(Cl)c(F)c2)C(c2ccc(OCCN3CC(CF)C3)cc2)Oc2ccccc21. The third kappa shape index (κ3) is 4.55. The Morgan fingerprint density at radius 2 is 1.82 bits per heavy atom. The molecule has 0 amide bonds. The molecule has 1 fully saturated rings. The number of fused-ring (bicyclic) bond motifs is 1. The van der Waals surface area contributed by atoms with E-state index in [9.17, 15) is 8.78 Å². The van der Waals surface area contributed by atoms with E-state index in [1.54, 1.807) is 6.07 Å². The van der Waals surface area contributed by atoms with Crippen LogP contribution in [0, 0.1) is 11.7 Å². The monoisotopic (exact) mass is 481 g/mol. The molecule has 3 aromatic carbocycles. The first-order valence-corrected chi connectivity index (χ1v) is 11.8. The minimum absolute atomic E-state index is 0.0932. The maximum atomic E-state index is 14.4. The lowest BCUT2D eigenvalue weighted by atomic mass is 9.86. The Labute approximate surface area is 203 Å². The lowest BCUT2D eigenvalue weighted by Crippen LogP contribution is -2.49. The molecule has 0 spiro atoms. The molecule has 0 aliphatic carbocycles. The van der Waals surface area contributed by atoms with Crippen molar-refractivity contribution in [3.8, 4) is 11.5 Å². The first-order valence-electron chi connectivity index (χ1n) is 11.5. The van der Waals surface area contributed by atoms with Gasteiger partial charge in [0.05, 0.1) is 11.7 Å². The maximum absolute atomic E-state index is 14.4. The predicted molar refractivity (Wildman–Crippen MR) is 132 cm³/mol. The summed E-state index contributed by atoms with van der Waals surface area (Å²) in [5.74, 6) is 1.28. The minimum atomic E-state index is -0.458. The molecular formula is C28H26ClF2NO2. The Balaban J connectivity index is 1.38. The van der Waals surface area contributed by atoms with E-state index in [-0.39, 0.29) is 17.6 Å². The van der Waals surface area contributed by atoms with Crippen LogP contribution in [-0.2, 0) is 0 Å². The van der Waals surface area contributed by atoms with Gasteiger partial charge in [-0.05, 0) is 54.0 Å². The quantitative estimate of drug-likeness (QED) is 0.369.